The van der Waals surface area contributed by atoms with Crippen molar-refractivity contribution in [2.24, 2.45) is 4.99 Å². The number of aryl methyl sites for hydroxylation is 2. The van der Waals surface area contributed by atoms with E-state index in [0.29, 0.717) is 13.1 Å². The molecule has 2 aromatic heterocycles. The van der Waals surface area contributed by atoms with Crippen LogP contribution in [0.15, 0.2) is 23.3 Å². The highest BCUT2D eigenvalue weighted by atomic mass is 32.1. The number of nitrogens with one attached hydrogen (secondary N) is 2. The van der Waals surface area contributed by atoms with E-state index in [1.54, 1.807) is 18.4 Å². The Bertz CT molecular complexity index is 696. The average molecular weight is 359 g/mol. The molecule has 0 bridgehead atoms. The van der Waals surface area contributed by atoms with Gasteiger partial charge in [-0.25, -0.2) is 9.97 Å². The Morgan fingerprint density at radius 1 is 1.20 bits per heavy atom. The van der Waals surface area contributed by atoms with E-state index in [2.05, 4.69) is 49.6 Å². The zero-order valence-corrected chi connectivity index (χ0v) is 16.0. The van der Waals surface area contributed by atoms with Crippen LogP contribution in [-0.4, -0.2) is 36.1 Å². The summed E-state index contributed by atoms with van der Waals surface area (Å²) in [5.74, 6) is 1.85. The Balaban J connectivity index is 1.49. The fraction of sp³-hybridized carbons (Fsp3) is 0.500. The van der Waals surface area contributed by atoms with Gasteiger partial charge in [-0.3, -0.25) is 4.99 Å². The van der Waals surface area contributed by atoms with E-state index < -0.39 is 0 Å². The summed E-state index contributed by atoms with van der Waals surface area (Å²) in [7, 11) is 1.78. The second kappa shape index (κ2) is 8.29. The molecule has 2 N–H and O–H groups in total. The molecule has 3 heterocycles. The minimum atomic E-state index is 0.686. The molecule has 6 nitrogen and oxygen atoms in total. The molecule has 0 amide bonds. The number of hydrogen-bond donors (Lipinski definition) is 2. The predicted octanol–water partition coefficient (Wildman–Crippen LogP) is 2.62. The third-order valence-corrected chi connectivity index (χ3v) is 5.48. The molecule has 25 heavy (non-hydrogen) atoms. The summed E-state index contributed by atoms with van der Waals surface area (Å²) < 4.78 is 0. The molecule has 1 aliphatic heterocycles. The Labute approximate surface area is 153 Å². The Morgan fingerprint density at radius 2 is 1.96 bits per heavy atom. The van der Waals surface area contributed by atoms with Gasteiger partial charge in [0.05, 0.1) is 12.2 Å². The maximum absolute atomic E-state index is 4.59. The van der Waals surface area contributed by atoms with Gasteiger partial charge >= 0.3 is 0 Å². The van der Waals surface area contributed by atoms with E-state index >= 15 is 0 Å². The van der Waals surface area contributed by atoms with Crippen LogP contribution in [0.3, 0.4) is 0 Å². The normalized spacial score (nSPS) is 14.8. The van der Waals surface area contributed by atoms with Crippen LogP contribution in [0, 0.1) is 13.8 Å². The molecular weight excluding hydrogens is 332 g/mol. The zero-order valence-electron chi connectivity index (χ0n) is 15.2. The molecule has 0 atom stereocenters. The zero-order chi connectivity index (χ0) is 17.6. The van der Waals surface area contributed by atoms with E-state index in [4.69, 9.17) is 0 Å². The summed E-state index contributed by atoms with van der Waals surface area (Å²) in [4.78, 5) is 17.0. The molecule has 0 radical (unpaired) electrons. The molecule has 7 heteroatoms. The van der Waals surface area contributed by atoms with Crippen LogP contribution in [0.5, 0.6) is 0 Å². The highest BCUT2D eigenvalue weighted by Crippen LogP contribution is 2.17. The lowest BCUT2D eigenvalue weighted by atomic mass is 10.3. The molecule has 0 unspecified atom stereocenters. The molecule has 0 aromatic carbocycles. The van der Waals surface area contributed by atoms with Gasteiger partial charge in [0, 0.05) is 37.8 Å². The van der Waals surface area contributed by atoms with Gasteiger partial charge < -0.3 is 15.5 Å². The van der Waals surface area contributed by atoms with Crippen LogP contribution in [0.1, 0.15) is 34.0 Å². The lowest BCUT2D eigenvalue weighted by Crippen LogP contribution is -2.36. The lowest BCUT2D eigenvalue weighted by molar-refractivity contribution is 0.800. The quantitative estimate of drug-likeness (QED) is 0.635. The van der Waals surface area contributed by atoms with Gasteiger partial charge in [0.1, 0.15) is 10.8 Å². The maximum Gasteiger partial charge on any atom is 0.191 e. The molecule has 0 aliphatic carbocycles. The predicted molar refractivity (Wildman–Crippen MR) is 104 cm³/mol. The van der Waals surface area contributed by atoms with Gasteiger partial charge in [0.2, 0.25) is 0 Å². The summed E-state index contributed by atoms with van der Waals surface area (Å²) in [6.45, 7) is 7.77. The largest absolute Gasteiger partial charge is 0.357 e. The first-order chi connectivity index (χ1) is 12.2. The Kier molecular flexibility index (Phi) is 5.86. The van der Waals surface area contributed by atoms with E-state index in [-0.39, 0.29) is 0 Å². The van der Waals surface area contributed by atoms with E-state index in [1.165, 1.54) is 17.7 Å². The fourth-order valence-electron chi connectivity index (χ4n) is 2.84. The van der Waals surface area contributed by atoms with Gasteiger partial charge in [0.15, 0.2) is 5.96 Å². The molecule has 0 saturated carbocycles. The van der Waals surface area contributed by atoms with Gasteiger partial charge in [-0.1, -0.05) is 6.07 Å². The van der Waals surface area contributed by atoms with Crippen molar-refractivity contribution in [2.45, 2.75) is 39.8 Å². The van der Waals surface area contributed by atoms with Crippen molar-refractivity contribution < 1.29 is 0 Å². The molecular formula is C18H26N6S. The minimum Gasteiger partial charge on any atom is -0.357 e. The smallest absolute Gasteiger partial charge is 0.191 e. The summed E-state index contributed by atoms with van der Waals surface area (Å²) in [6, 6.07) is 4.24. The summed E-state index contributed by atoms with van der Waals surface area (Å²) in [5, 5.41) is 7.72. The van der Waals surface area contributed by atoms with Gasteiger partial charge in [-0.2, -0.15) is 0 Å². The molecule has 134 valence electrons. The maximum atomic E-state index is 4.59. The highest BCUT2D eigenvalue weighted by molar-refractivity contribution is 7.11. The number of thiazole rings is 1. The molecule has 1 saturated heterocycles. The van der Waals surface area contributed by atoms with Crippen molar-refractivity contribution in [2.75, 3.05) is 25.0 Å². The van der Waals surface area contributed by atoms with Crippen LogP contribution in [0.25, 0.3) is 0 Å². The number of nitrogens with zero attached hydrogens (tertiary/aromatic N) is 4. The van der Waals surface area contributed by atoms with Crippen molar-refractivity contribution in [3.63, 3.8) is 0 Å². The van der Waals surface area contributed by atoms with Crippen molar-refractivity contribution in [3.05, 3.63) is 39.5 Å². The van der Waals surface area contributed by atoms with Gasteiger partial charge in [0.25, 0.3) is 0 Å². The summed E-state index contributed by atoms with van der Waals surface area (Å²) in [5.41, 5.74) is 2.25. The summed E-state index contributed by atoms with van der Waals surface area (Å²) in [6.07, 6.45) is 4.48. The number of aromatic nitrogens is 2. The van der Waals surface area contributed by atoms with Crippen molar-refractivity contribution in [1.82, 2.24) is 20.6 Å². The standard InChI is InChI=1S/C18H26N6S/c1-13-14(2)25-17(23-13)12-22-18(19-3)21-11-15-6-7-16(20-10-15)24-8-4-5-9-24/h6-7,10H,4-5,8-9,11-12H2,1-3H3,(H2,19,21,22). The number of pyridine rings is 1. The first-order valence-corrected chi connectivity index (χ1v) is 9.54. The molecule has 3 rings (SSSR count). The third-order valence-electron chi connectivity index (χ3n) is 4.40. The second-order valence-electron chi connectivity index (χ2n) is 6.25. The Hall–Kier alpha value is -2.15. The topological polar surface area (TPSA) is 65.4 Å². The van der Waals surface area contributed by atoms with Crippen LogP contribution in [0.2, 0.25) is 0 Å². The lowest BCUT2D eigenvalue weighted by Gasteiger charge is -2.16. The molecule has 1 fully saturated rings. The number of guanidine groups is 1. The van der Waals surface area contributed by atoms with Gasteiger partial charge in [-0.05, 0) is 38.3 Å². The van der Waals surface area contributed by atoms with E-state index in [0.717, 1.165) is 41.1 Å². The average Bonchev–Trinajstić information content (AvgIpc) is 3.26. The van der Waals surface area contributed by atoms with Crippen molar-refractivity contribution in [3.8, 4) is 0 Å². The monoisotopic (exact) mass is 358 g/mol. The highest BCUT2D eigenvalue weighted by Gasteiger charge is 2.13. The molecule has 2 aromatic rings. The Morgan fingerprint density at radius 3 is 2.56 bits per heavy atom. The van der Waals surface area contributed by atoms with Crippen molar-refractivity contribution >= 4 is 23.1 Å². The SMILES string of the molecule is CN=C(NCc1ccc(N2CCCC2)nc1)NCc1nc(C)c(C)s1. The van der Waals surface area contributed by atoms with Crippen LogP contribution in [-0.2, 0) is 13.1 Å². The van der Waals surface area contributed by atoms with Crippen LogP contribution < -0.4 is 15.5 Å². The number of aliphatic imine (C=N–C) groups is 1. The molecule has 1 aliphatic rings. The number of anilines is 1. The summed E-state index contributed by atoms with van der Waals surface area (Å²) >= 11 is 1.72. The first-order valence-electron chi connectivity index (χ1n) is 8.73. The van der Waals surface area contributed by atoms with Crippen molar-refractivity contribution in [1.29, 1.82) is 0 Å². The van der Waals surface area contributed by atoms with Crippen LogP contribution in [0.4, 0.5) is 5.82 Å². The minimum absolute atomic E-state index is 0.686. The van der Waals surface area contributed by atoms with Gasteiger partial charge in [-0.15, -0.1) is 11.3 Å². The molecule has 0 spiro atoms. The fourth-order valence-corrected chi connectivity index (χ4v) is 3.71. The number of hydrogen-bond acceptors (Lipinski definition) is 5. The van der Waals surface area contributed by atoms with Crippen LogP contribution >= 0.6 is 11.3 Å². The first kappa shape index (κ1) is 17.7. The van der Waals surface area contributed by atoms with E-state index in [1.807, 2.05) is 13.1 Å². The second-order valence-corrected chi connectivity index (χ2v) is 7.54. The van der Waals surface area contributed by atoms with E-state index in [9.17, 15) is 0 Å². The number of rotatable bonds is 5. The third kappa shape index (κ3) is 4.69.